The van der Waals surface area contributed by atoms with E-state index in [1.54, 1.807) is 29.8 Å². The molecular weight excluding hydrogens is 464 g/mol. The molecule has 13 heteroatoms. The lowest BCUT2D eigenvalue weighted by Crippen LogP contribution is -2.22. The summed E-state index contributed by atoms with van der Waals surface area (Å²) in [5.74, 6) is 0.590. The van der Waals surface area contributed by atoms with E-state index in [1.807, 2.05) is 26.8 Å². The molecule has 0 aliphatic heterocycles. The number of fused-ring (bicyclic) bond motifs is 1. The summed E-state index contributed by atoms with van der Waals surface area (Å²) in [7, 11) is -2.28. The van der Waals surface area contributed by atoms with Crippen LogP contribution in [0.2, 0.25) is 0 Å². The van der Waals surface area contributed by atoms with Crippen molar-refractivity contribution in [3.8, 4) is 0 Å². The average molecular weight is 493 g/mol. The van der Waals surface area contributed by atoms with Gasteiger partial charge in [0.1, 0.15) is 11.3 Å². The van der Waals surface area contributed by atoms with Crippen LogP contribution in [0.25, 0.3) is 5.52 Å². The fourth-order valence-electron chi connectivity index (χ4n) is 3.09. The molecule has 0 radical (unpaired) electrons. The van der Waals surface area contributed by atoms with Gasteiger partial charge in [-0.25, -0.2) is 15.0 Å². The van der Waals surface area contributed by atoms with Crippen molar-refractivity contribution in [2.75, 3.05) is 25.2 Å². The van der Waals surface area contributed by atoms with Crippen LogP contribution in [0.15, 0.2) is 24.4 Å². The Labute approximate surface area is 197 Å². The number of nitrogens with one attached hydrogen (secondary N) is 3. The van der Waals surface area contributed by atoms with Gasteiger partial charge in [0.15, 0.2) is 5.82 Å². The van der Waals surface area contributed by atoms with E-state index in [0.29, 0.717) is 46.8 Å². The van der Waals surface area contributed by atoms with E-state index >= 15 is 0 Å². The second-order valence-electron chi connectivity index (χ2n) is 7.35. The van der Waals surface area contributed by atoms with Gasteiger partial charge >= 0.3 is 0 Å². The van der Waals surface area contributed by atoms with Crippen molar-refractivity contribution in [3.05, 3.63) is 52.5 Å². The Morgan fingerprint density at radius 3 is 2.41 bits per heavy atom. The Kier molecular flexibility index (Phi) is 8.68. The molecule has 2 amide bonds. The second kappa shape index (κ2) is 11.0. The highest BCUT2D eigenvalue weighted by molar-refractivity contribution is 7.85. The molecule has 1 aromatic carbocycles. The van der Waals surface area contributed by atoms with E-state index in [4.69, 9.17) is 9.39 Å². The third-order valence-electron chi connectivity index (χ3n) is 4.52. The van der Waals surface area contributed by atoms with Crippen molar-refractivity contribution < 1.29 is 27.4 Å². The number of carbonyl (C=O) groups excluding carboxylic acids is 2. The van der Waals surface area contributed by atoms with Gasteiger partial charge in [0.05, 0.1) is 18.9 Å². The summed E-state index contributed by atoms with van der Waals surface area (Å²) < 4.78 is 27.5. The van der Waals surface area contributed by atoms with E-state index in [9.17, 15) is 18.0 Å². The Bertz CT molecular complexity index is 1310. The number of hydrogen-bond donors (Lipinski definition) is 4. The molecule has 0 aliphatic carbocycles. The molecule has 0 bridgehead atoms. The van der Waals surface area contributed by atoms with Crippen molar-refractivity contribution in [1.82, 2.24) is 25.4 Å². The molecule has 12 nitrogen and oxygen atoms in total. The van der Waals surface area contributed by atoms with Crippen LogP contribution in [-0.2, 0) is 15.0 Å². The number of rotatable bonds is 6. The quantitative estimate of drug-likeness (QED) is 0.297. The maximum absolute atomic E-state index is 12.4. The molecular formula is C21H28N6O6S. The smallest absolute Gasteiger partial charge is 0.274 e. The Hall–Kier alpha value is -3.55. The number of carbonyl (C=O) groups is 2. The van der Waals surface area contributed by atoms with Crippen molar-refractivity contribution >= 4 is 39.0 Å². The van der Waals surface area contributed by atoms with Gasteiger partial charge in [-0.2, -0.15) is 13.5 Å². The first-order valence-electron chi connectivity index (χ1n) is 10.1. The first kappa shape index (κ1) is 26.7. The monoisotopic (exact) mass is 492 g/mol. The summed E-state index contributed by atoms with van der Waals surface area (Å²) in [6.45, 7) is 7.97. The number of hydroxylamine groups is 1. The average Bonchev–Trinajstić information content (AvgIpc) is 3.05. The Morgan fingerprint density at radius 1 is 1.18 bits per heavy atom. The van der Waals surface area contributed by atoms with E-state index < -0.39 is 10.1 Å². The molecule has 34 heavy (non-hydrogen) atoms. The lowest BCUT2D eigenvalue weighted by atomic mass is 10.1. The Morgan fingerprint density at radius 2 is 1.82 bits per heavy atom. The molecule has 3 aromatic rings. The van der Waals surface area contributed by atoms with E-state index in [2.05, 4.69) is 26.2 Å². The predicted octanol–water partition coefficient (Wildman–Crippen LogP) is 1.94. The summed E-state index contributed by atoms with van der Waals surface area (Å²) in [5, 5.41) is 10.5. The van der Waals surface area contributed by atoms with Crippen LogP contribution in [0.1, 0.15) is 44.6 Å². The maximum atomic E-state index is 12.4. The highest BCUT2D eigenvalue weighted by Gasteiger charge is 2.19. The highest BCUT2D eigenvalue weighted by Crippen LogP contribution is 2.28. The van der Waals surface area contributed by atoms with Gasteiger partial charge < -0.3 is 10.6 Å². The van der Waals surface area contributed by atoms with Crippen LogP contribution in [0, 0.1) is 20.8 Å². The number of aryl methyl sites for hydroxylation is 3. The topological polar surface area (TPSA) is 164 Å². The number of nitrogens with zero attached hydrogens (tertiary/aromatic N) is 3. The maximum Gasteiger partial charge on any atom is 0.274 e. The molecule has 4 N–H and O–H groups in total. The molecule has 184 valence electrons. The zero-order valence-electron chi connectivity index (χ0n) is 19.8. The summed E-state index contributed by atoms with van der Waals surface area (Å²) in [6, 6.07) is 5.27. The van der Waals surface area contributed by atoms with Gasteiger partial charge in [-0.05, 0) is 51.0 Å². The predicted molar refractivity (Wildman–Crippen MR) is 127 cm³/mol. The molecule has 2 heterocycles. The third-order valence-corrected chi connectivity index (χ3v) is 4.52. The molecule has 0 fully saturated rings. The van der Waals surface area contributed by atoms with Crippen LogP contribution in [-0.4, -0.2) is 59.3 Å². The third kappa shape index (κ3) is 6.97. The van der Waals surface area contributed by atoms with Gasteiger partial charge in [-0.1, -0.05) is 6.07 Å². The number of hydrogen-bond acceptors (Lipinski definition) is 8. The molecule has 0 atom stereocenters. The van der Waals surface area contributed by atoms with Crippen LogP contribution < -0.4 is 16.1 Å². The molecule has 0 saturated carbocycles. The minimum absolute atomic E-state index is 0.159. The van der Waals surface area contributed by atoms with Crippen LogP contribution in [0.5, 0.6) is 0 Å². The van der Waals surface area contributed by atoms with Gasteiger partial charge in [0, 0.05) is 24.0 Å². The van der Waals surface area contributed by atoms with Crippen molar-refractivity contribution in [3.63, 3.8) is 0 Å². The zero-order valence-corrected chi connectivity index (χ0v) is 20.6. The SMILES string of the molecule is CCNC(=O)c1cn2nc(C)nc(Nc3cc(C(=O)NOC)ccc3C)c2c1C.CS(=O)(=O)O. The second-order valence-corrected chi connectivity index (χ2v) is 8.82. The number of anilines is 2. The number of amides is 2. The van der Waals surface area contributed by atoms with E-state index in [1.165, 1.54) is 7.11 Å². The number of aromatic nitrogens is 3. The van der Waals surface area contributed by atoms with E-state index in [0.717, 1.165) is 11.1 Å². The summed E-state index contributed by atoms with van der Waals surface area (Å²) in [6.07, 6.45) is 2.41. The van der Waals surface area contributed by atoms with E-state index in [-0.39, 0.29) is 11.8 Å². The fourth-order valence-corrected chi connectivity index (χ4v) is 3.09. The lowest BCUT2D eigenvalue weighted by Gasteiger charge is -2.13. The first-order valence-corrected chi connectivity index (χ1v) is 12.0. The first-order chi connectivity index (χ1) is 15.8. The Balaban J connectivity index is 0.000000739. The minimum atomic E-state index is -3.67. The largest absolute Gasteiger partial charge is 0.352 e. The van der Waals surface area contributed by atoms with Gasteiger partial charge in [-0.15, -0.1) is 0 Å². The van der Waals surface area contributed by atoms with Gasteiger partial charge in [0.25, 0.3) is 21.9 Å². The molecule has 2 aromatic heterocycles. The van der Waals surface area contributed by atoms with Crippen molar-refractivity contribution in [1.29, 1.82) is 0 Å². The molecule has 0 spiro atoms. The summed E-state index contributed by atoms with van der Waals surface area (Å²) >= 11 is 0. The molecule has 0 aliphatic rings. The van der Waals surface area contributed by atoms with Crippen LogP contribution in [0.4, 0.5) is 11.5 Å². The minimum Gasteiger partial charge on any atom is -0.352 e. The van der Waals surface area contributed by atoms with Crippen LogP contribution >= 0.6 is 0 Å². The van der Waals surface area contributed by atoms with Crippen molar-refractivity contribution in [2.24, 2.45) is 0 Å². The standard InChI is InChI=1S/C20H24N6O3.CH4O3S/c1-6-21-20(28)15-10-26-17(12(15)3)18(22-13(4)24-26)23-16-9-14(8-7-11(16)2)19(27)25-29-5;1-5(2,3)4/h7-10H,6H2,1-5H3,(H,21,28)(H,25,27)(H,22,23,24);1H3,(H,2,3,4). The lowest BCUT2D eigenvalue weighted by molar-refractivity contribution is 0.0537. The van der Waals surface area contributed by atoms with Crippen molar-refractivity contribution in [2.45, 2.75) is 27.7 Å². The number of benzene rings is 1. The van der Waals surface area contributed by atoms with Gasteiger partial charge in [0.2, 0.25) is 0 Å². The molecule has 0 saturated heterocycles. The van der Waals surface area contributed by atoms with Crippen LogP contribution in [0.3, 0.4) is 0 Å². The van der Waals surface area contributed by atoms with Gasteiger partial charge in [-0.3, -0.25) is 19.0 Å². The summed E-state index contributed by atoms with van der Waals surface area (Å²) in [4.78, 5) is 33.7. The highest BCUT2D eigenvalue weighted by atomic mass is 32.2. The summed E-state index contributed by atoms with van der Waals surface area (Å²) in [5.41, 5.74) is 6.40. The normalized spacial score (nSPS) is 10.9. The molecule has 0 unspecified atom stereocenters. The fraction of sp³-hybridized carbons (Fsp3) is 0.333. The molecule has 3 rings (SSSR count). The zero-order chi connectivity index (χ0) is 25.6.